The summed E-state index contributed by atoms with van der Waals surface area (Å²) in [5, 5.41) is 2.89. The maximum absolute atomic E-state index is 13.0. The van der Waals surface area contributed by atoms with Gasteiger partial charge in [-0.2, -0.15) is 0 Å². The molecule has 1 N–H and O–H groups in total. The Morgan fingerprint density at radius 2 is 1.86 bits per heavy atom. The number of carbonyl (C=O) groups is 3. The van der Waals surface area contributed by atoms with Crippen LogP contribution >= 0.6 is 0 Å². The van der Waals surface area contributed by atoms with Crippen molar-refractivity contribution in [3.05, 3.63) is 29.8 Å². The Balaban J connectivity index is 1.63. The predicted molar refractivity (Wildman–Crippen MR) is 108 cm³/mol. The molecule has 152 valence electrons. The number of anilines is 1. The van der Waals surface area contributed by atoms with E-state index in [2.05, 4.69) is 5.32 Å². The van der Waals surface area contributed by atoms with E-state index in [-0.39, 0.29) is 24.3 Å². The molecule has 1 aromatic rings. The smallest absolute Gasteiger partial charge is 0.325 e. The number of urea groups is 1. The van der Waals surface area contributed by atoms with Crippen molar-refractivity contribution in [1.29, 1.82) is 0 Å². The van der Waals surface area contributed by atoms with Crippen molar-refractivity contribution >= 4 is 23.5 Å². The minimum atomic E-state index is -0.823. The third kappa shape index (κ3) is 3.70. The van der Waals surface area contributed by atoms with Gasteiger partial charge in [0.2, 0.25) is 5.91 Å². The van der Waals surface area contributed by atoms with Crippen molar-refractivity contribution in [2.45, 2.75) is 44.7 Å². The third-order valence-electron chi connectivity index (χ3n) is 6.09. The van der Waals surface area contributed by atoms with Crippen LogP contribution in [0.3, 0.4) is 0 Å². The van der Waals surface area contributed by atoms with Crippen LogP contribution < -0.4 is 10.2 Å². The van der Waals surface area contributed by atoms with Gasteiger partial charge in [0, 0.05) is 33.4 Å². The van der Waals surface area contributed by atoms with E-state index in [1.807, 2.05) is 50.2 Å². The standard InChI is InChI=1S/C21H30N4O3/c1-15-7-5-6-12-21(15)19(27)25(20(28)22-21)14-18(26)24(4)13-16-8-10-17(11-9-16)23(2)3/h8-11,15H,5-7,12-14H2,1-4H3,(H,22,28)/t15-,21+/m1/s1. The molecule has 1 heterocycles. The zero-order valence-electron chi connectivity index (χ0n) is 17.2. The third-order valence-corrected chi connectivity index (χ3v) is 6.09. The second kappa shape index (κ2) is 7.81. The first-order valence-electron chi connectivity index (χ1n) is 9.89. The average molecular weight is 386 g/mol. The first-order chi connectivity index (χ1) is 13.2. The number of amides is 4. The number of rotatable bonds is 5. The van der Waals surface area contributed by atoms with Gasteiger partial charge in [0.1, 0.15) is 12.1 Å². The van der Waals surface area contributed by atoms with Crippen LogP contribution in [0.5, 0.6) is 0 Å². The van der Waals surface area contributed by atoms with Crippen LogP contribution in [0.1, 0.15) is 38.2 Å². The van der Waals surface area contributed by atoms with Crippen LogP contribution in [0.15, 0.2) is 24.3 Å². The van der Waals surface area contributed by atoms with Gasteiger partial charge >= 0.3 is 6.03 Å². The average Bonchev–Trinajstić information content (AvgIpc) is 2.89. The number of hydrogen-bond acceptors (Lipinski definition) is 4. The maximum Gasteiger partial charge on any atom is 0.325 e. The van der Waals surface area contributed by atoms with Gasteiger partial charge < -0.3 is 15.1 Å². The van der Waals surface area contributed by atoms with Crippen molar-refractivity contribution in [3.63, 3.8) is 0 Å². The molecule has 2 aliphatic rings. The fourth-order valence-corrected chi connectivity index (χ4v) is 4.16. The predicted octanol–water partition coefficient (Wildman–Crippen LogP) is 2.21. The topological polar surface area (TPSA) is 73.0 Å². The molecular formula is C21H30N4O3. The number of nitrogens with one attached hydrogen (secondary N) is 1. The largest absolute Gasteiger partial charge is 0.378 e. The molecule has 2 atom stereocenters. The molecule has 0 aromatic heterocycles. The fourth-order valence-electron chi connectivity index (χ4n) is 4.16. The Morgan fingerprint density at radius 3 is 2.46 bits per heavy atom. The van der Waals surface area contributed by atoms with Crippen molar-refractivity contribution < 1.29 is 14.4 Å². The Labute approximate surface area is 166 Å². The molecule has 4 amide bonds. The number of hydrogen-bond donors (Lipinski definition) is 1. The summed E-state index contributed by atoms with van der Waals surface area (Å²) >= 11 is 0. The van der Waals surface area contributed by atoms with Gasteiger partial charge in [0.05, 0.1) is 0 Å². The zero-order chi connectivity index (χ0) is 20.5. The van der Waals surface area contributed by atoms with Crippen LogP contribution in [0, 0.1) is 5.92 Å². The molecule has 0 radical (unpaired) electrons. The molecule has 7 nitrogen and oxygen atoms in total. The summed E-state index contributed by atoms with van der Waals surface area (Å²) in [5.41, 5.74) is 1.26. The molecule has 3 rings (SSSR count). The van der Waals surface area contributed by atoms with Gasteiger partial charge in [-0.15, -0.1) is 0 Å². The lowest BCUT2D eigenvalue weighted by atomic mass is 9.73. The van der Waals surface area contributed by atoms with Crippen LogP contribution in [0.25, 0.3) is 0 Å². The van der Waals surface area contributed by atoms with Gasteiger partial charge in [-0.1, -0.05) is 31.9 Å². The first-order valence-corrected chi connectivity index (χ1v) is 9.89. The van der Waals surface area contributed by atoms with Gasteiger partial charge in [-0.05, 0) is 36.5 Å². The molecule has 2 fully saturated rings. The molecule has 1 aliphatic carbocycles. The van der Waals surface area contributed by atoms with Gasteiger partial charge in [0.15, 0.2) is 0 Å². The fraction of sp³-hybridized carbons (Fsp3) is 0.571. The van der Waals surface area contributed by atoms with E-state index in [1.54, 1.807) is 11.9 Å². The second-order valence-corrected chi connectivity index (χ2v) is 8.25. The molecular weight excluding hydrogens is 356 g/mol. The Morgan fingerprint density at radius 1 is 1.18 bits per heavy atom. The highest BCUT2D eigenvalue weighted by atomic mass is 16.2. The Bertz CT molecular complexity index is 761. The van der Waals surface area contributed by atoms with E-state index in [0.29, 0.717) is 13.0 Å². The number of likely N-dealkylation sites (N-methyl/N-ethyl adjacent to an activating group) is 1. The lowest BCUT2D eigenvalue weighted by Crippen LogP contribution is -2.54. The molecule has 0 unspecified atom stereocenters. The zero-order valence-corrected chi connectivity index (χ0v) is 17.2. The van der Waals surface area contributed by atoms with Crippen molar-refractivity contribution in [1.82, 2.24) is 15.1 Å². The minimum absolute atomic E-state index is 0.0887. The Kier molecular flexibility index (Phi) is 5.63. The number of carbonyl (C=O) groups excluding carboxylic acids is 3. The summed E-state index contributed by atoms with van der Waals surface area (Å²) in [6.45, 7) is 2.22. The maximum atomic E-state index is 13.0. The molecule has 1 saturated carbocycles. The van der Waals surface area contributed by atoms with Gasteiger partial charge in [-0.25, -0.2) is 4.79 Å². The minimum Gasteiger partial charge on any atom is -0.378 e. The van der Waals surface area contributed by atoms with Crippen LogP contribution in [0.2, 0.25) is 0 Å². The van der Waals surface area contributed by atoms with E-state index in [9.17, 15) is 14.4 Å². The summed E-state index contributed by atoms with van der Waals surface area (Å²) in [6.07, 6.45) is 3.55. The molecule has 28 heavy (non-hydrogen) atoms. The highest BCUT2D eigenvalue weighted by Gasteiger charge is 2.55. The molecule has 7 heteroatoms. The summed E-state index contributed by atoms with van der Waals surface area (Å²) in [4.78, 5) is 42.8. The summed E-state index contributed by atoms with van der Waals surface area (Å²) < 4.78 is 0. The lowest BCUT2D eigenvalue weighted by molar-refractivity contribution is -0.140. The Hall–Kier alpha value is -2.57. The highest BCUT2D eigenvalue weighted by molar-refractivity contribution is 6.09. The highest BCUT2D eigenvalue weighted by Crippen LogP contribution is 2.38. The monoisotopic (exact) mass is 386 g/mol. The van der Waals surface area contributed by atoms with Gasteiger partial charge in [0.25, 0.3) is 5.91 Å². The van der Waals surface area contributed by atoms with Crippen molar-refractivity contribution in [3.8, 4) is 0 Å². The summed E-state index contributed by atoms with van der Waals surface area (Å²) in [7, 11) is 5.64. The van der Waals surface area contributed by atoms with Crippen LogP contribution in [-0.4, -0.2) is 60.9 Å². The number of nitrogens with zero attached hydrogens (tertiary/aromatic N) is 3. The summed E-state index contributed by atoms with van der Waals surface area (Å²) in [6, 6.07) is 7.51. The SMILES string of the molecule is C[C@@H]1CCCC[C@]12NC(=O)N(CC(=O)N(C)Cc1ccc(N(C)C)cc1)C2=O. The lowest BCUT2D eigenvalue weighted by Gasteiger charge is -2.36. The molecule has 1 saturated heterocycles. The molecule has 1 spiro atoms. The van der Waals surface area contributed by atoms with Crippen molar-refractivity contribution in [2.75, 3.05) is 32.6 Å². The molecule has 1 aromatic carbocycles. The quantitative estimate of drug-likeness (QED) is 0.788. The summed E-state index contributed by atoms with van der Waals surface area (Å²) in [5.74, 6) is -0.409. The van der Waals surface area contributed by atoms with Crippen LogP contribution in [-0.2, 0) is 16.1 Å². The molecule has 1 aliphatic heterocycles. The molecule has 0 bridgehead atoms. The van der Waals surface area contributed by atoms with E-state index >= 15 is 0 Å². The number of imide groups is 1. The van der Waals surface area contributed by atoms with E-state index < -0.39 is 11.6 Å². The number of benzene rings is 1. The normalized spacial score (nSPS) is 24.4. The second-order valence-electron chi connectivity index (χ2n) is 8.25. The van der Waals surface area contributed by atoms with E-state index in [0.717, 1.165) is 35.4 Å². The first kappa shape index (κ1) is 20.2. The van der Waals surface area contributed by atoms with E-state index in [1.165, 1.54) is 0 Å². The van der Waals surface area contributed by atoms with Gasteiger partial charge in [-0.3, -0.25) is 14.5 Å². The van der Waals surface area contributed by atoms with Crippen LogP contribution in [0.4, 0.5) is 10.5 Å². The van der Waals surface area contributed by atoms with E-state index in [4.69, 9.17) is 0 Å². The van der Waals surface area contributed by atoms with Crippen molar-refractivity contribution in [2.24, 2.45) is 5.92 Å².